The summed E-state index contributed by atoms with van der Waals surface area (Å²) in [5.74, 6) is 2.76. The quantitative estimate of drug-likeness (QED) is 0.744. The van der Waals surface area contributed by atoms with Crippen LogP contribution in [0.25, 0.3) is 0 Å². The van der Waals surface area contributed by atoms with Crippen molar-refractivity contribution >= 4 is 0 Å². The molecular weight excluding hydrogens is 198 g/mol. The van der Waals surface area contributed by atoms with Gasteiger partial charge < -0.3 is 0 Å². The molecule has 1 rings (SSSR count). The number of nitrogens with zero attached hydrogens (tertiary/aromatic N) is 2. The summed E-state index contributed by atoms with van der Waals surface area (Å²) in [4.78, 5) is 0. The van der Waals surface area contributed by atoms with Crippen molar-refractivity contribution in [1.29, 1.82) is 0 Å². The Balaban J connectivity index is 2.45. The molecule has 88 valence electrons. The van der Waals surface area contributed by atoms with Gasteiger partial charge in [-0.05, 0) is 20.3 Å². The van der Waals surface area contributed by atoms with E-state index in [1.54, 1.807) is 0 Å². The zero-order chi connectivity index (χ0) is 12.0. The highest BCUT2D eigenvalue weighted by molar-refractivity contribution is 5.06. The largest absolute Gasteiger partial charge is 0.299 e. The minimum absolute atomic E-state index is 0.174. The number of terminal acetylenes is 1. The van der Waals surface area contributed by atoms with E-state index in [1.165, 1.54) is 5.56 Å². The fraction of sp³-hybridized carbons (Fsp3) is 0.615. The van der Waals surface area contributed by atoms with E-state index in [4.69, 9.17) is 6.42 Å². The van der Waals surface area contributed by atoms with Gasteiger partial charge in [-0.15, -0.1) is 6.42 Å². The van der Waals surface area contributed by atoms with E-state index in [-0.39, 0.29) is 6.04 Å². The van der Waals surface area contributed by atoms with Crippen LogP contribution in [0.4, 0.5) is 0 Å². The van der Waals surface area contributed by atoms with Crippen molar-refractivity contribution in [1.82, 2.24) is 15.1 Å². The third-order valence-corrected chi connectivity index (χ3v) is 2.52. The van der Waals surface area contributed by atoms with Gasteiger partial charge in [0, 0.05) is 24.3 Å². The van der Waals surface area contributed by atoms with E-state index in [0.29, 0.717) is 6.04 Å². The fourth-order valence-electron chi connectivity index (χ4n) is 1.53. The molecule has 0 aliphatic heterocycles. The Morgan fingerprint density at radius 2 is 2.31 bits per heavy atom. The fourth-order valence-corrected chi connectivity index (χ4v) is 1.53. The van der Waals surface area contributed by atoms with Crippen LogP contribution >= 0.6 is 0 Å². The molecule has 0 radical (unpaired) electrons. The molecule has 0 saturated carbocycles. The second kappa shape index (κ2) is 6.34. The van der Waals surface area contributed by atoms with Gasteiger partial charge in [0.2, 0.25) is 0 Å². The van der Waals surface area contributed by atoms with Crippen molar-refractivity contribution in [3.05, 3.63) is 18.0 Å². The molecule has 0 aliphatic carbocycles. The lowest BCUT2D eigenvalue weighted by Gasteiger charge is -2.10. The summed E-state index contributed by atoms with van der Waals surface area (Å²) in [5, 5.41) is 7.64. The lowest BCUT2D eigenvalue weighted by atomic mass is 10.2. The Morgan fingerprint density at radius 3 is 2.81 bits per heavy atom. The van der Waals surface area contributed by atoms with Gasteiger partial charge in [0.05, 0.1) is 12.2 Å². The lowest BCUT2D eigenvalue weighted by molar-refractivity contribution is 0.530. The number of aromatic nitrogens is 2. The lowest BCUT2D eigenvalue weighted by Crippen LogP contribution is -2.26. The minimum atomic E-state index is 0.174. The Labute approximate surface area is 98.2 Å². The summed E-state index contributed by atoms with van der Waals surface area (Å²) in [6.07, 6.45) is 11.5. The predicted molar refractivity (Wildman–Crippen MR) is 67.0 cm³/mol. The highest BCUT2D eigenvalue weighted by Gasteiger charge is 2.05. The first-order chi connectivity index (χ1) is 7.67. The molecule has 0 saturated heterocycles. The van der Waals surface area contributed by atoms with Crippen LogP contribution in [0.3, 0.4) is 0 Å². The summed E-state index contributed by atoms with van der Waals surface area (Å²) in [6, 6.07) is 0.584. The van der Waals surface area contributed by atoms with Gasteiger partial charge in [-0.25, -0.2) is 0 Å². The molecule has 0 spiro atoms. The topological polar surface area (TPSA) is 29.9 Å². The second-order valence-corrected chi connectivity index (χ2v) is 4.31. The van der Waals surface area contributed by atoms with Gasteiger partial charge >= 0.3 is 0 Å². The van der Waals surface area contributed by atoms with Gasteiger partial charge in [-0.3, -0.25) is 10.00 Å². The average Bonchev–Trinajstić information content (AvgIpc) is 2.73. The normalized spacial score (nSPS) is 12.7. The van der Waals surface area contributed by atoms with Crippen molar-refractivity contribution in [2.45, 2.75) is 52.2 Å². The Kier molecular flexibility index (Phi) is 5.07. The summed E-state index contributed by atoms with van der Waals surface area (Å²) in [5.41, 5.74) is 1.19. The molecule has 3 heteroatoms. The minimum Gasteiger partial charge on any atom is -0.299 e. The molecular formula is C13H21N3. The van der Waals surface area contributed by atoms with E-state index < -0.39 is 0 Å². The van der Waals surface area contributed by atoms with Crippen LogP contribution < -0.4 is 5.32 Å². The van der Waals surface area contributed by atoms with E-state index in [9.17, 15) is 0 Å². The Hall–Kier alpha value is -1.27. The van der Waals surface area contributed by atoms with Gasteiger partial charge in [0.1, 0.15) is 0 Å². The van der Waals surface area contributed by atoms with Crippen LogP contribution in [0.15, 0.2) is 12.4 Å². The molecule has 0 aliphatic rings. The number of nitrogens with one attached hydrogen (secondary N) is 1. The van der Waals surface area contributed by atoms with Crippen LogP contribution in [0.1, 0.15) is 45.2 Å². The molecule has 1 aromatic rings. The van der Waals surface area contributed by atoms with Crippen LogP contribution in [0.5, 0.6) is 0 Å². The molecule has 1 unspecified atom stereocenters. The molecule has 0 bridgehead atoms. The highest BCUT2D eigenvalue weighted by Crippen LogP contribution is 2.05. The smallest absolute Gasteiger partial charge is 0.0689 e. The predicted octanol–water partition coefficient (Wildman–Crippen LogP) is 2.36. The van der Waals surface area contributed by atoms with Gasteiger partial charge in [-0.2, -0.15) is 5.10 Å². The zero-order valence-electron chi connectivity index (χ0n) is 10.4. The Morgan fingerprint density at radius 1 is 1.56 bits per heavy atom. The van der Waals surface area contributed by atoms with Crippen molar-refractivity contribution in [3.8, 4) is 12.3 Å². The SMILES string of the molecule is C#CC(CCC)NCc1cnn(C(C)C)c1. The van der Waals surface area contributed by atoms with E-state index in [1.807, 2.05) is 10.9 Å². The first-order valence-corrected chi connectivity index (χ1v) is 5.90. The van der Waals surface area contributed by atoms with Crippen LogP contribution in [0.2, 0.25) is 0 Å². The van der Waals surface area contributed by atoms with Crippen molar-refractivity contribution < 1.29 is 0 Å². The van der Waals surface area contributed by atoms with Crippen LogP contribution in [0, 0.1) is 12.3 Å². The van der Waals surface area contributed by atoms with Crippen LogP contribution in [-0.2, 0) is 6.54 Å². The van der Waals surface area contributed by atoms with E-state index in [0.717, 1.165) is 19.4 Å². The second-order valence-electron chi connectivity index (χ2n) is 4.31. The summed E-state index contributed by atoms with van der Waals surface area (Å²) < 4.78 is 1.96. The molecule has 16 heavy (non-hydrogen) atoms. The maximum Gasteiger partial charge on any atom is 0.0689 e. The van der Waals surface area contributed by atoms with E-state index in [2.05, 4.69) is 43.3 Å². The van der Waals surface area contributed by atoms with Crippen LogP contribution in [-0.4, -0.2) is 15.8 Å². The molecule has 1 aromatic heterocycles. The molecule has 1 heterocycles. The first kappa shape index (κ1) is 12.8. The molecule has 0 amide bonds. The van der Waals surface area contributed by atoms with Crippen molar-refractivity contribution in [2.75, 3.05) is 0 Å². The first-order valence-electron chi connectivity index (χ1n) is 5.90. The van der Waals surface area contributed by atoms with Crippen molar-refractivity contribution in [3.63, 3.8) is 0 Å². The third-order valence-electron chi connectivity index (χ3n) is 2.52. The van der Waals surface area contributed by atoms with Gasteiger partial charge in [0.15, 0.2) is 0 Å². The Bertz CT molecular complexity index is 346. The molecule has 0 fully saturated rings. The maximum absolute atomic E-state index is 5.44. The zero-order valence-corrected chi connectivity index (χ0v) is 10.4. The molecule has 0 aromatic carbocycles. The monoisotopic (exact) mass is 219 g/mol. The molecule has 1 N–H and O–H groups in total. The van der Waals surface area contributed by atoms with Gasteiger partial charge in [0.25, 0.3) is 0 Å². The standard InChI is InChI=1S/C13H21N3/c1-5-7-13(6-2)14-8-12-9-15-16(10-12)11(3)4/h2,9-11,13-14H,5,7-8H2,1,3-4H3. The maximum atomic E-state index is 5.44. The molecule has 1 atom stereocenters. The summed E-state index contributed by atoms with van der Waals surface area (Å²) in [6.45, 7) is 7.17. The van der Waals surface area contributed by atoms with Crippen molar-refractivity contribution in [2.24, 2.45) is 0 Å². The molecule has 3 nitrogen and oxygen atoms in total. The highest BCUT2D eigenvalue weighted by atomic mass is 15.3. The third kappa shape index (κ3) is 3.71. The number of rotatable bonds is 6. The number of hydrogen-bond donors (Lipinski definition) is 1. The van der Waals surface area contributed by atoms with E-state index >= 15 is 0 Å². The number of hydrogen-bond acceptors (Lipinski definition) is 2. The summed E-state index contributed by atoms with van der Waals surface area (Å²) in [7, 11) is 0. The summed E-state index contributed by atoms with van der Waals surface area (Å²) >= 11 is 0. The average molecular weight is 219 g/mol. The van der Waals surface area contributed by atoms with Gasteiger partial charge in [-0.1, -0.05) is 19.3 Å².